The molecule has 0 spiro atoms. The highest BCUT2D eigenvalue weighted by Gasteiger charge is 2.36. The van der Waals surface area contributed by atoms with Gasteiger partial charge in [-0.05, 0) is 37.5 Å². The van der Waals surface area contributed by atoms with Crippen LogP contribution >= 0.6 is 11.6 Å². The van der Waals surface area contributed by atoms with Crippen molar-refractivity contribution >= 4 is 29.1 Å². The Morgan fingerprint density at radius 3 is 3.04 bits per heavy atom. The summed E-state index contributed by atoms with van der Waals surface area (Å²) >= 11 is 6.07. The smallest absolute Gasteiger partial charge is 0.229 e. The van der Waals surface area contributed by atoms with Gasteiger partial charge in [0.2, 0.25) is 11.8 Å². The van der Waals surface area contributed by atoms with Gasteiger partial charge in [-0.25, -0.2) is 0 Å². The van der Waals surface area contributed by atoms with E-state index in [-0.39, 0.29) is 30.3 Å². The third kappa shape index (κ3) is 3.67. The molecule has 3 rings (SSSR count). The van der Waals surface area contributed by atoms with Crippen LogP contribution in [0.2, 0.25) is 5.02 Å². The lowest BCUT2D eigenvalue weighted by atomic mass is 10.1. The number of halogens is 1. The van der Waals surface area contributed by atoms with Crippen molar-refractivity contribution in [2.45, 2.75) is 32.3 Å². The summed E-state index contributed by atoms with van der Waals surface area (Å²) in [5.41, 5.74) is 1.54. The van der Waals surface area contributed by atoms with E-state index in [4.69, 9.17) is 16.3 Å². The highest BCUT2D eigenvalue weighted by Crippen LogP contribution is 2.26. The zero-order valence-electron chi connectivity index (χ0n) is 13.2. The minimum absolute atomic E-state index is 0.0310. The molecule has 1 aromatic carbocycles. The maximum absolute atomic E-state index is 12.4. The zero-order valence-corrected chi connectivity index (χ0v) is 13.9. The van der Waals surface area contributed by atoms with Crippen molar-refractivity contribution in [3.63, 3.8) is 0 Å². The molecule has 2 saturated heterocycles. The fourth-order valence-electron chi connectivity index (χ4n) is 3.14. The summed E-state index contributed by atoms with van der Waals surface area (Å²) < 4.78 is 5.57. The molecule has 124 valence electrons. The number of ether oxygens (including phenoxy) is 1. The Labute approximate surface area is 140 Å². The van der Waals surface area contributed by atoms with E-state index in [1.165, 1.54) is 0 Å². The SMILES string of the molecule is Cc1c(Cl)cccc1NC(=O)C1CC(=O)N(CC2CCCO2)C1. The highest BCUT2D eigenvalue weighted by atomic mass is 35.5. The van der Waals surface area contributed by atoms with E-state index in [0.717, 1.165) is 25.0 Å². The summed E-state index contributed by atoms with van der Waals surface area (Å²) in [7, 11) is 0. The summed E-state index contributed by atoms with van der Waals surface area (Å²) in [6.07, 6.45) is 2.42. The number of amides is 2. The Morgan fingerprint density at radius 1 is 1.48 bits per heavy atom. The van der Waals surface area contributed by atoms with Gasteiger partial charge in [-0.3, -0.25) is 9.59 Å². The molecule has 0 radical (unpaired) electrons. The minimum Gasteiger partial charge on any atom is -0.376 e. The van der Waals surface area contributed by atoms with E-state index in [9.17, 15) is 9.59 Å². The van der Waals surface area contributed by atoms with E-state index in [0.29, 0.717) is 23.8 Å². The fourth-order valence-corrected chi connectivity index (χ4v) is 3.31. The Kier molecular flexibility index (Phi) is 4.87. The van der Waals surface area contributed by atoms with Gasteiger partial charge in [-0.2, -0.15) is 0 Å². The Hall–Kier alpha value is -1.59. The van der Waals surface area contributed by atoms with Crippen molar-refractivity contribution in [3.8, 4) is 0 Å². The van der Waals surface area contributed by atoms with Crippen LogP contribution in [-0.2, 0) is 14.3 Å². The number of nitrogens with zero attached hydrogens (tertiary/aromatic N) is 1. The topological polar surface area (TPSA) is 58.6 Å². The van der Waals surface area contributed by atoms with Gasteiger partial charge >= 0.3 is 0 Å². The van der Waals surface area contributed by atoms with Gasteiger partial charge in [0.25, 0.3) is 0 Å². The van der Waals surface area contributed by atoms with Crippen LogP contribution in [-0.4, -0.2) is 42.5 Å². The van der Waals surface area contributed by atoms with Crippen molar-refractivity contribution in [2.75, 3.05) is 25.0 Å². The monoisotopic (exact) mass is 336 g/mol. The third-order valence-electron chi connectivity index (χ3n) is 4.56. The van der Waals surface area contributed by atoms with Crippen molar-refractivity contribution in [2.24, 2.45) is 5.92 Å². The summed E-state index contributed by atoms with van der Waals surface area (Å²) in [5, 5.41) is 3.51. The molecule has 0 aromatic heterocycles. The average Bonchev–Trinajstić information content (AvgIpc) is 3.15. The number of carbonyl (C=O) groups excluding carboxylic acids is 2. The summed E-state index contributed by atoms with van der Waals surface area (Å²) in [6.45, 7) is 3.69. The first-order valence-electron chi connectivity index (χ1n) is 8.00. The molecule has 2 unspecified atom stereocenters. The Balaban J connectivity index is 1.60. The molecule has 2 aliphatic rings. The minimum atomic E-state index is -0.317. The second-order valence-electron chi connectivity index (χ2n) is 6.24. The third-order valence-corrected chi connectivity index (χ3v) is 4.97. The first-order chi connectivity index (χ1) is 11.0. The molecule has 2 atom stereocenters. The second kappa shape index (κ2) is 6.89. The average molecular weight is 337 g/mol. The molecule has 2 fully saturated rings. The molecule has 0 saturated carbocycles. The number of hydrogen-bond acceptors (Lipinski definition) is 3. The molecule has 1 N–H and O–H groups in total. The normalized spacial score (nSPS) is 24.3. The second-order valence-corrected chi connectivity index (χ2v) is 6.64. The van der Waals surface area contributed by atoms with E-state index < -0.39 is 0 Å². The van der Waals surface area contributed by atoms with Gasteiger partial charge < -0.3 is 15.0 Å². The zero-order chi connectivity index (χ0) is 16.4. The molecule has 0 aliphatic carbocycles. The molecule has 6 heteroatoms. The van der Waals surface area contributed by atoms with Crippen LogP contribution in [0.3, 0.4) is 0 Å². The molecule has 23 heavy (non-hydrogen) atoms. The maximum Gasteiger partial charge on any atom is 0.229 e. The largest absolute Gasteiger partial charge is 0.376 e. The van der Waals surface area contributed by atoms with Gasteiger partial charge in [0, 0.05) is 36.8 Å². The number of likely N-dealkylation sites (tertiary alicyclic amines) is 1. The highest BCUT2D eigenvalue weighted by molar-refractivity contribution is 6.31. The molecule has 2 aliphatic heterocycles. The number of benzene rings is 1. The van der Waals surface area contributed by atoms with E-state index >= 15 is 0 Å². The quantitative estimate of drug-likeness (QED) is 0.919. The van der Waals surface area contributed by atoms with Crippen molar-refractivity contribution < 1.29 is 14.3 Å². The number of carbonyl (C=O) groups is 2. The number of nitrogens with one attached hydrogen (secondary N) is 1. The fraction of sp³-hybridized carbons (Fsp3) is 0.529. The molecule has 5 nitrogen and oxygen atoms in total. The van der Waals surface area contributed by atoms with Gasteiger partial charge in [0.05, 0.1) is 12.0 Å². The Bertz CT molecular complexity index is 614. The molecule has 2 amide bonds. The molecular formula is C17H21ClN2O3. The van der Waals surface area contributed by atoms with Crippen LogP contribution < -0.4 is 5.32 Å². The predicted molar refractivity (Wildman–Crippen MR) is 88.5 cm³/mol. The number of hydrogen-bond donors (Lipinski definition) is 1. The van der Waals surface area contributed by atoms with E-state index in [1.807, 2.05) is 13.0 Å². The lowest BCUT2D eigenvalue weighted by Crippen LogP contribution is -2.34. The van der Waals surface area contributed by atoms with Gasteiger partial charge in [0.15, 0.2) is 0 Å². The predicted octanol–water partition coefficient (Wildman–Crippen LogP) is 2.61. The van der Waals surface area contributed by atoms with Gasteiger partial charge in [-0.1, -0.05) is 17.7 Å². The lowest BCUT2D eigenvalue weighted by Gasteiger charge is -2.20. The molecule has 2 heterocycles. The first-order valence-corrected chi connectivity index (χ1v) is 8.37. The van der Waals surface area contributed by atoms with Crippen LogP contribution in [0.25, 0.3) is 0 Å². The number of anilines is 1. The molecule has 0 bridgehead atoms. The molecular weight excluding hydrogens is 316 g/mol. The molecule has 1 aromatic rings. The van der Waals surface area contributed by atoms with Crippen LogP contribution in [0.15, 0.2) is 18.2 Å². The van der Waals surface area contributed by atoms with Crippen LogP contribution in [0.5, 0.6) is 0 Å². The Morgan fingerprint density at radius 2 is 2.30 bits per heavy atom. The summed E-state index contributed by atoms with van der Waals surface area (Å²) in [5.74, 6) is -0.413. The van der Waals surface area contributed by atoms with Crippen LogP contribution in [0.4, 0.5) is 5.69 Å². The van der Waals surface area contributed by atoms with Crippen LogP contribution in [0.1, 0.15) is 24.8 Å². The van der Waals surface area contributed by atoms with Crippen LogP contribution in [0, 0.1) is 12.8 Å². The standard InChI is InChI=1S/C17H21ClN2O3/c1-11-14(18)5-2-6-15(11)19-17(22)12-8-16(21)20(9-12)10-13-4-3-7-23-13/h2,5-6,12-13H,3-4,7-10H2,1H3,(H,19,22). The van der Waals surface area contributed by atoms with Gasteiger partial charge in [0.1, 0.15) is 0 Å². The van der Waals surface area contributed by atoms with Crippen molar-refractivity contribution in [1.82, 2.24) is 4.90 Å². The summed E-state index contributed by atoms with van der Waals surface area (Å²) in [6, 6.07) is 5.41. The first kappa shape index (κ1) is 16.3. The van der Waals surface area contributed by atoms with Crippen molar-refractivity contribution in [3.05, 3.63) is 28.8 Å². The van der Waals surface area contributed by atoms with Crippen molar-refractivity contribution in [1.29, 1.82) is 0 Å². The van der Waals surface area contributed by atoms with Gasteiger partial charge in [-0.15, -0.1) is 0 Å². The van der Waals surface area contributed by atoms with E-state index in [1.54, 1.807) is 17.0 Å². The van der Waals surface area contributed by atoms with E-state index in [2.05, 4.69) is 5.32 Å². The number of rotatable bonds is 4. The summed E-state index contributed by atoms with van der Waals surface area (Å²) in [4.78, 5) is 26.3. The maximum atomic E-state index is 12.4. The lowest BCUT2D eigenvalue weighted by molar-refractivity contribution is -0.129.